The third-order valence-electron chi connectivity index (χ3n) is 6.43. The normalized spacial score (nSPS) is 16.3. The summed E-state index contributed by atoms with van der Waals surface area (Å²) in [6.45, 7) is 7.94. The van der Waals surface area contributed by atoms with Crippen LogP contribution in [0.4, 0.5) is 0 Å². The van der Waals surface area contributed by atoms with Gasteiger partial charge < -0.3 is 26.3 Å². The van der Waals surface area contributed by atoms with Crippen molar-refractivity contribution in [1.29, 1.82) is 0 Å². The fraction of sp³-hybridized carbons (Fsp3) is 0.500. The molecular formula is C28H43BiN9O3S2+. The van der Waals surface area contributed by atoms with Crippen molar-refractivity contribution in [2.45, 2.75) is 65.2 Å². The molecule has 12 nitrogen and oxygen atoms in total. The van der Waals surface area contributed by atoms with Crippen LogP contribution in [0.3, 0.4) is 0 Å². The molecule has 0 aromatic carbocycles. The molecule has 2 fully saturated rings. The number of pyridine rings is 2. The first kappa shape index (κ1) is 38.4. The van der Waals surface area contributed by atoms with Crippen molar-refractivity contribution in [2.75, 3.05) is 26.2 Å². The molecular weight excluding hydrogens is 783 g/mol. The van der Waals surface area contributed by atoms with Gasteiger partial charge in [0.25, 0.3) is 0 Å². The molecule has 2 N–H and O–H groups in total. The molecule has 2 aromatic rings. The van der Waals surface area contributed by atoms with Gasteiger partial charge in [0, 0.05) is 50.0 Å². The fourth-order valence-corrected chi connectivity index (χ4v) is 4.65. The monoisotopic (exact) mass is 826 g/mol. The predicted molar refractivity (Wildman–Crippen MR) is 185 cm³/mol. The average Bonchev–Trinajstić information content (AvgIpc) is 3.46. The van der Waals surface area contributed by atoms with E-state index in [0.29, 0.717) is 10.2 Å². The Morgan fingerprint density at radius 2 is 1.09 bits per heavy atom. The molecule has 0 atom stereocenters. The topological polar surface area (TPSA) is 151 Å². The van der Waals surface area contributed by atoms with Gasteiger partial charge in [0.2, 0.25) is 0 Å². The standard InChI is InChI=1S/2C14H20N4S.Bi.HNO3.H/c2*1-12(13-8-4-5-9-15-13)16-17-14(19)18-10-6-2-3-7-11-18;;2-1(3)4;/h2*4-5,8-9H,2-3,6-7,10-11H2,1H3,(H,15,17,19);;(H,2,3,4);/p+1. The zero-order chi connectivity index (χ0) is 30.6. The van der Waals surface area contributed by atoms with Crippen molar-refractivity contribution in [3.63, 3.8) is 0 Å². The molecule has 2 radical (unpaired) electrons. The summed E-state index contributed by atoms with van der Waals surface area (Å²) < 4.78 is 0. The second-order valence-electron chi connectivity index (χ2n) is 9.66. The molecule has 2 aliphatic rings. The molecule has 0 amide bonds. The Kier molecular flexibility index (Phi) is 20.5. The van der Waals surface area contributed by atoms with E-state index in [9.17, 15) is 0 Å². The Morgan fingerprint density at radius 3 is 1.37 bits per heavy atom. The molecule has 4 heterocycles. The summed E-state index contributed by atoms with van der Waals surface area (Å²) in [4.78, 5) is 21.4. The van der Waals surface area contributed by atoms with Gasteiger partial charge >= 0.3 is 31.3 Å². The SMILES string of the molecule is CC(=N[N-]C(=[SH+])N1CCCCCC1)c1ccccn1.CC(=N[N-]C(=[SH+])N1CCCCCC1)c1ccccn1.O=[N+]([O-])[OH2+].[BiH]. The molecule has 15 heteroatoms. The Labute approximate surface area is 283 Å². The third-order valence-corrected chi connectivity index (χ3v) is 7.17. The molecule has 2 saturated heterocycles. The molecule has 2 aromatic heterocycles. The maximum absolute atomic E-state index is 8.47. The summed E-state index contributed by atoms with van der Waals surface area (Å²) in [5.74, 6) is 0. The summed E-state index contributed by atoms with van der Waals surface area (Å²) in [5, 5.41) is 22.4. The van der Waals surface area contributed by atoms with Crippen molar-refractivity contribution in [3.05, 3.63) is 81.1 Å². The Morgan fingerprint density at radius 1 is 0.767 bits per heavy atom. The molecule has 4 rings (SSSR count). The first-order chi connectivity index (χ1) is 20.3. The molecule has 0 aliphatic carbocycles. The van der Waals surface area contributed by atoms with Gasteiger partial charge in [0.1, 0.15) is 10.1 Å². The molecule has 0 spiro atoms. The van der Waals surface area contributed by atoms with E-state index < -0.39 is 5.09 Å². The van der Waals surface area contributed by atoms with Crippen LogP contribution in [-0.2, 0) is 24.4 Å². The van der Waals surface area contributed by atoms with Crippen LogP contribution in [0.15, 0.2) is 59.0 Å². The first-order valence-corrected chi connectivity index (χ1v) is 15.0. The summed E-state index contributed by atoms with van der Waals surface area (Å²) in [5.41, 5.74) is 11.8. The second-order valence-corrected chi connectivity index (χ2v) is 10.5. The first-order valence-electron chi connectivity index (χ1n) is 14.1. The second kappa shape index (κ2) is 22.9. The van der Waals surface area contributed by atoms with E-state index in [-0.39, 0.29) is 26.2 Å². The van der Waals surface area contributed by atoms with Gasteiger partial charge in [-0.1, -0.05) is 37.8 Å². The Hall–Kier alpha value is -2.58. The van der Waals surface area contributed by atoms with Crippen molar-refractivity contribution >= 4 is 72.3 Å². The van der Waals surface area contributed by atoms with Crippen LogP contribution in [0.5, 0.6) is 0 Å². The van der Waals surface area contributed by atoms with Crippen molar-refractivity contribution in [2.24, 2.45) is 10.2 Å². The van der Waals surface area contributed by atoms with E-state index in [1.54, 1.807) is 12.4 Å². The summed E-state index contributed by atoms with van der Waals surface area (Å²) >= 11 is 8.91. The van der Waals surface area contributed by atoms with Crippen LogP contribution in [0, 0.1) is 10.1 Å². The number of nitrogens with zero attached hydrogens (tertiary/aromatic N) is 9. The molecule has 0 unspecified atom stereocenters. The van der Waals surface area contributed by atoms with E-state index in [4.69, 9.17) is 15.3 Å². The van der Waals surface area contributed by atoms with Crippen LogP contribution in [0.25, 0.3) is 10.9 Å². The summed E-state index contributed by atoms with van der Waals surface area (Å²) in [7, 11) is 0. The van der Waals surface area contributed by atoms with Gasteiger partial charge in [0.15, 0.2) is 34.7 Å². The van der Waals surface area contributed by atoms with Crippen molar-refractivity contribution in [1.82, 2.24) is 19.8 Å². The van der Waals surface area contributed by atoms with Crippen molar-refractivity contribution < 1.29 is 10.3 Å². The van der Waals surface area contributed by atoms with E-state index >= 15 is 0 Å². The van der Waals surface area contributed by atoms with Crippen LogP contribution in [-0.4, -0.2) is 104 Å². The van der Waals surface area contributed by atoms with Gasteiger partial charge in [-0.2, -0.15) is 0 Å². The zero-order valence-electron chi connectivity index (χ0n) is 24.8. The van der Waals surface area contributed by atoms with Crippen LogP contribution in [0.2, 0.25) is 0 Å². The Balaban J connectivity index is 0.000000375. The zero-order valence-corrected chi connectivity index (χ0v) is 30.5. The minimum atomic E-state index is -1.25. The summed E-state index contributed by atoms with van der Waals surface area (Å²) in [6, 6.07) is 11.5. The van der Waals surface area contributed by atoms with E-state index in [1.807, 2.05) is 50.2 Å². The van der Waals surface area contributed by atoms with Gasteiger partial charge in [-0.3, -0.25) is 9.97 Å². The van der Waals surface area contributed by atoms with Gasteiger partial charge in [-0.25, -0.2) is 9.80 Å². The number of aromatic nitrogens is 2. The molecule has 0 saturated carbocycles. The third kappa shape index (κ3) is 16.7. The van der Waals surface area contributed by atoms with Gasteiger partial charge in [-0.15, -0.1) is 0 Å². The number of rotatable bonds is 4. The number of likely N-dealkylation sites (tertiary alicyclic amines) is 2. The predicted octanol–water partition coefficient (Wildman–Crippen LogP) is 3.10. The molecule has 0 bridgehead atoms. The van der Waals surface area contributed by atoms with E-state index in [1.165, 1.54) is 51.4 Å². The average molecular weight is 827 g/mol. The quantitative estimate of drug-likeness (QED) is 0.0880. The van der Waals surface area contributed by atoms with Crippen LogP contribution < -0.4 is 0 Å². The van der Waals surface area contributed by atoms with Gasteiger partial charge in [-0.05, 0) is 63.8 Å². The van der Waals surface area contributed by atoms with Crippen LogP contribution >= 0.6 is 0 Å². The maximum atomic E-state index is 8.47. The number of thiol groups is 2. The van der Waals surface area contributed by atoms with Crippen LogP contribution in [0.1, 0.15) is 76.6 Å². The molecule has 2 aliphatic heterocycles. The molecule has 43 heavy (non-hydrogen) atoms. The minimum absolute atomic E-state index is 0. The Bertz CT molecular complexity index is 1070. The fourth-order valence-electron chi connectivity index (χ4n) is 4.16. The molecule has 234 valence electrons. The van der Waals surface area contributed by atoms with Crippen molar-refractivity contribution in [3.8, 4) is 0 Å². The van der Waals surface area contributed by atoms with Gasteiger partial charge in [0.05, 0.1) is 11.4 Å². The van der Waals surface area contributed by atoms with E-state index in [2.05, 4.69) is 65.3 Å². The number of hydrogen-bond donors (Lipinski definition) is 0. The van der Waals surface area contributed by atoms with E-state index in [0.717, 1.165) is 49.0 Å². The summed E-state index contributed by atoms with van der Waals surface area (Å²) in [6.07, 6.45) is 13.6. The number of hydrogen-bond acceptors (Lipinski definition) is 6.